The van der Waals surface area contributed by atoms with Gasteiger partial charge in [-0.05, 0) is 37.0 Å². The first-order valence-electron chi connectivity index (χ1n) is 8.45. The molecule has 1 amide bonds. The van der Waals surface area contributed by atoms with Gasteiger partial charge in [0, 0.05) is 6.54 Å². The SMILES string of the molecule is CCOc1ccccc1C[C@H]1SC(=S)N(CCc2ccccc2)C1=O. The molecule has 0 aromatic heterocycles. The first-order chi connectivity index (χ1) is 12.2. The van der Waals surface area contributed by atoms with Crippen LogP contribution in [0.5, 0.6) is 5.75 Å². The van der Waals surface area contributed by atoms with Crippen molar-refractivity contribution in [2.75, 3.05) is 13.2 Å². The number of carbonyl (C=O) groups is 1. The van der Waals surface area contributed by atoms with Gasteiger partial charge >= 0.3 is 0 Å². The van der Waals surface area contributed by atoms with Gasteiger partial charge in [0.1, 0.15) is 10.1 Å². The van der Waals surface area contributed by atoms with Gasteiger partial charge in [-0.2, -0.15) is 0 Å². The number of amides is 1. The maximum atomic E-state index is 12.8. The average Bonchev–Trinajstić information content (AvgIpc) is 2.89. The molecule has 1 aliphatic heterocycles. The highest BCUT2D eigenvalue weighted by molar-refractivity contribution is 8.24. The van der Waals surface area contributed by atoms with Crippen molar-refractivity contribution in [2.45, 2.75) is 25.0 Å². The zero-order chi connectivity index (χ0) is 17.6. The van der Waals surface area contributed by atoms with E-state index in [1.54, 1.807) is 4.90 Å². The summed E-state index contributed by atoms with van der Waals surface area (Å²) in [6.07, 6.45) is 1.46. The van der Waals surface area contributed by atoms with E-state index in [9.17, 15) is 4.79 Å². The fourth-order valence-corrected chi connectivity index (χ4v) is 4.46. The number of rotatable bonds is 7. The summed E-state index contributed by atoms with van der Waals surface area (Å²) < 4.78 is 6.35. The molecule has 0 N–H and O–H groups in total. The standard InChI is InChI=1S/C20H21NO2S2/c1-2-23-17-11-7-6-10-16(17)14-18-19(22)21(20(24)25-18)13-12-15-8-4-3-5-9-15/h3-11,18H,2,12-14H2,1H3/t18-/m1/s1. The van der Waals surface area contributed by atoms with Gasteiger partial charge in [0.2, 0.25) is 5.91 Å². The summed E-state index contributed by atoms with van der Waals surface area (Å²) >= 11 is 6.94. The zero-order valence-corrected chi connectivity index (χ0v) is 15.8. The number of thioether (sulfide) groups is 1. The van der Waals surface area contributed by atoms with Crippen LogP contribution in [0.15, 0.2) is 54.6 Å². The van der Waals surface area contributed by atoms with Crippen LogP contribution in [-0.2, 0) is 17.6 Å². The number of nitrogens with zero attached hydrogens (tertiary/aromatic N) is 1. The van der Waals surface area contributed by atoms with E-state index in [-0.39, 0.29) is 11.2 Å². The Balaban J connectivity index is 1.65. The maximum absolute atomic E-state index is 12.8. The summed E-state index contributed by atoms with van der Waals surface area (Å²) in [6, 6.07) is 18.1. The lowest BCUT2D eigenvalue weighted by Crippen LogP contribution is -2.33. The number of ether oxygens (including phenoxy) is 1. The minimum Gasteiger partial charge on any atom is -0.494 e. The molecule has 3 rings (SSSR count). The summed E-state index contributed by atoms with van der Waals surface area (Å²) in [6.45, 7) is 3.22. The Kier molecular flexibility index (Phi) is 6.10. The van der Waals surface area contributed by atoms with Gasteiger partial charge in [0.25, 0.3) is 0 Å². The van der Waals surface area contributed by atoms with Crippen LogP contribution in [0, 0.1) is 0 Å². The summed E-state index contributed by atoms with van der Waals surface area (Å²) in [5, 5.41) is -0.162. The third-order valence-electron chi connectivity index (χ3n) is 4.15. The topological polar surface area (TPSA) is 29.5 Å². The van der Waals surface area contributed by atoms with E-state index >= 15 is 0 Å². The van der Waals surface area contributed by atoms with Crippen molar-refractivity contribution in [1.29, 1.82) is 0 Å². The smallest absolute Gasteiger partial charge is 0.241 e. The summed E-state index contributed by atoms with van der Waals surface area (Å²) in [4.78, 5) is 14.5. The Morgan fingerprint density at radius 1 is 1.12 bits per heavy atom. The summed E-state index contributed by atoms with van der Waals surface area (Å²) in [7, 11) is 0. The molecule has 0 spiro atoms. The van der Waals surface area contributed by atoms with Crippen LogP contribution in [0.2, 0.25) is 0 Å². The Morgan fingerprint density at radius 3 is 2.60 bits per heavy atom. The van der Waals surface area contributed by atoms with Gasteiger partial charge < -0.3 is 4.74 Å². The van der Waals surface area contributed by atoms with Gasteiger partial charge in [0.05, 0.1) is 11.9 Å². The molecule has 0 aliphatic carbocycles. The number of para-hydroxylation sites is 1. The summed E-state index contributed by atoms with van der Waals surface area (Å²) in [5.41, 5.74) is 2.27. The molecule has 25 heavy (non-hydrogen) atoms. The second-order valence-electron chi connectivity index (χ2n) is 5.84. The van der Waals surface area contributed by atoms with Gasteiger partial charge in [-0.15, -0.1) is 0 Å². The van der Waals surface area contributed by atoms with Gasteiger partial charge in [0.15, 0.2) is 0 Å². The Bertz CT molecular complexity index is 748. The predicted octanol–water partition coefficient (Wildman–Crippen LogP) is 4.10. The van der Waals surface area contributed by atoms with Crippen LogP contribution >= 0.6 is 24.0 Å². The fourth-order valence-electron chi connectivity index (χ4n) is 2.88. The number of benzene rings is 2. The van der Waals surface area contributed by atoms with E-state index in [1.165, 1.54) is 17.3 Å². The minimum atomic E-state index is -0.162. The van der Waals surface area contributed by atoms with Crippen molar-refractivity contribution < 1.29 is 9.53 Å². The van der Waals surface area contributed by atoms with Crippen LogP contribution in [-0.4, -0.2) is 33.5 Å². The van der Waals surface area contributed by atoms with Crippen molar-refractivity contribution in [3.63, 3.8) is 0 Å². The normalized spacial score (nSPS) is 17.2. The number of thiocarbonyl (C=S) groups is 1. The molecule has 0 radical (unpaired) electrons. The van der Waals surface area contributed by atoms with E-state index < -0.39 is 0 Å². The molecule has 0 unspecified atom stereocenters. The van der Waals surface area contributed by atoms with E-state index in [0.717, 1.165) is 17.7 Å². The first-order valence-corrected chi connectivity index (χ1v) is 9.74. The zero-order valence-electron chi connectivity index (χ0n) is 14.2. The lowest BCUT2D eigenvalue weighted by atomic mass is 10.1. The molecule has 1 heterocycles. The second kappa shape index (κ2) is 8.50. The highest BCUT2D eigenvalue weighted by Gasteiger charge is 2.36. The minimum absolute atomic E-state index is 0.109. The van der Waals surface area contributed by atoms with E-state index in [4.69, 9.17) is 17.0 Å². The lowest BCUT2D eigenvalue weighted by molar-refractivity contribution is -0.126. The first kappa shape index (κ1) is 18.0. The molecule has 3 nitrogen and oxygen atoms in total. The second-order valence-corrected chi connectivity index (χ2v) is 7.68. The molecule has 0 saturated carbocycles. The molecule has 5 heteroatoms. The molecule has 2 aromatic rings. The van der Waals surface area contributed by atoms with Crippen molar-refractivity contribution in [2.24, 2.45) is 0 Å². The largest absolute Gasteiger partial charge is 0.494 e. The van der Waals surface area contributed by atoms with Crippen LogP contribution in [0.4, 0.5) is 0 Å². The van der Waals surface area contributed by atoms with E-state index in [2.05, 4.69) is 12.1 Å². The average molecular weight is 372 g/mol. The molecule has 1 saturated heterocycles. The van der Waals surface area contributed by atoms with Gasteiger partial charge in [-0.25, -0.2) is 0 Å². The lowest BCUT2D eigenvalue weighted by Gasteiger charge is -2.16. The van der Waals surface area contributed by atoms with Gasteiger partial charge in [-0.3, -0.25) is 9.69 Å². The van der Waals surface area contributed by atoms with Gasteiger partial charge in [-0.1, -0.05) is 72.5 Å². The molecule has 2 aromatic carbocycles. The quantitative estimate of drug-likeness (QED) is 0.686. The molecule has 0 bridgehead atoms. The predicted molar refractivity (Wildman–Crippen MR) is 107 cm³/mol. The third kappa shape index (κ3) is 4.41. The van der Waals surface area contributed by atoms with Crippen LogP contribution in [0.3, 0.4) is 0 Å². The van der Waals surface area contributed by atoms with Crippen molar-refractivity contribution >= 4 is 34.2 Å². The molecule has 130 valence electrons. The Labute approximate surface area is 158 Å². The highest BCUT2D eigenvalue weighted by atomic mass is 32.2. The van der Waals surface area contributed by atoms with E-state index in [1.807, 2.05) is 49.4 Å². The number of hydrogen-bond acceptors (Lipinski definition) is 4. The molecular formula is C20H21NO2S2. The molecule has 1 atom stereocenters. The number of carbonyl (C=O) groups excluding carboxylic acids is 1. The molecule has 1 fully saturated rings. The Morgan fingerprint density at radius 2 is 1.84 bits per heavy atom. The summed E-state index contributed by atoms with van der Waals surface area (Å²) in [5.74, 6) is 0.962. The fraction of sp³-hybridized carbons (Fsp3) is 0.300. The maximum Gasteiger partial charge on any atom is 0.241 e. The Hall–Kier alpha value is -1.85. The van der Waals surface area contributed by atoms with Crippen LogP contribution in [0.1, 0.15) is 18.1 Å². The van der Waals surface area contributed by atoms with Crippen LogP contribution in [0.25, 0.3) is 0 Å². The van der Waals surface area contributed by atoms with Crippen molar-refractivity contribution in [3.05, 3.63) is 65.7 Å². The molecule has 1 aliphatic rings. The monoisotopic (exact) mass is 371 g/mol. The number of hydrogen-bond donors (Lipinski definition) is 0. The molecular weight excluding hydrogens is 350 g/mol. The van der Waals surface area contributed by atoms with Crippen LogP contribution < -0.4 is 4.74 Å². The third-order valence-corrected chi connectivity index (χ3v) is 5.73. The van der Waals surface area contributed by atoms with E-state index in [0.29, 0.717) is 23.9 Å². The van der Waals surface area contributed by atoms with Crippen molar-refractivity contribution in [3.8, 4) is 5.75 Å². The highest BCUT2D eigenvalue weighted by Crippen LogP contribution is 2.32. The van der Waals surface area contributed by atoms with Crippen molar-refractivity contribution in [1.82, 2.24) is 4.90 Å².